The molecule has 2 aliphatic rings. The molecule has 23 heavy (non-hydrogen) atoms. The van der Waals surface area contributed by atoms with Gasteiger partial charge < -0.3 is 31.9 Å². The summed E-state index contributed by atoms with van der Waals surface area (Å²) in [5, 5.41) is 0. The van der Waals surface area contributed by atoms with Crippen LogP contribution in [0.4, 0.5) is 9.59 Å². The van der Waals surface area contributed by atoms with E-state index in [2.05, 4.69) is 0 Å². The van der Waals surface area contributed by atoms with Crippen LogP contribution in [-0.4, -0.2) is 68.1 Å². The average molecular weight is 366 g/mol. The molecule has 2 heterocycles. The van der Waals surface area contributed by atoms with Gasteiger partial charge in [0.15, 0.2) is 12.2 Å². The molecule has 2 unspecified atom stereocenters. The first-order valence-electron chi connectivity index (χ1n) is 7.30. The topological polar surface area (TPSA) is 98.8 Å². The van der Waals surface area contributed by atoms with Gasteiger partial charge in [0.2, 0.25) is 0 Å². The quantitative estimate of drug-likeness (QED) is 0.467. The maximum atomic E-state index is 10.9. The smallest absolute Gasteiger partial charge is 0.430 e. The van der Waals surface area contributed by atoms with Crippen molar-refractivity contribution in [1.82, 2.24) is 0 Å². The molecular formula is C12H22O9Si2. The third-order valence-corrected chi connectivity index (χ3v) is 8.68. The van der Waals surface area contributed by atoms with E-state index in [1.54, 1.807) is 0 Å². The summed E-state index contributed by atoms with van der Waals surface area (Å²) in [7, 11) is -4.94. The van der Waals surface area contributed by atoms with Gasteiger partial charge in [-0.2, -0.15) is 0 Å². The van der Waals surface area contributed by atoms with E-state index >= 15 is 0 Å². The fourth-order valence-electron chi connectivity index (χ4n) is 2.13. The van der Waals surface area contributed by atoms with Crippen molar-refractivity contribution in [3.8, 4) is 0 Å². The summed E-state index contributed by atoms with van der Waals surface area (Å²) in [4.78, 5) is 21.7. The van der Waals surface area contributed by atoms with E-state index in [9.17, 15) is 9.59 Å². The zero-order valence-electron chi connectivity index (χ0n) is 13.7. The van der Waals surface area contributed by atoms with Gasteiger partial charge in [-0.15, -0.1) is 0 Å². The largest absolute Gasteiger partial charge is 0.508 e. The molecular weight excluding hydrogens is 344 g/mol. The van der Waals surface area contributed by atoms with E-state index in [4.69, 9.17) is 31.9 Å². The molecule has 0 N–H and O–H groups in total. The van der Waals surface area contributed by atoms with Crippen LogP contribution in [0, 0.1) is 0 Å². The fourth-order valence-corrected chi connectivity index (χ4v) is 8.51. The lowest BCUT2D eigenvalue weighted by Gasteiger charge is -2.33. The Morgan fingerprint density at radius 3 is 1.57 bits per heavy atom. The molecule has 2 rings (SSSR count). The van der Waals surface area contributed by atoms with Crippen molar-refractivity contribution in [2.45, 2.75) is 38.4 Å². The average Bonchev–Trinajstić information content (AvgIpc) is 3.02. The molecule has 0 radical (unpaired) electrons. The lowest BCUT2D eigenvalue weighted by atomic mass is 10.4. The van der Waals surface area contributed by atoms with Gasteiger partial charge in [-0.05, 0) is 26.2 Å². The normalized spacial score (nSPS) is 24.9. The van der Waals surface area contributed by atoms with E-state index in [1.165, 1.54) is 0 Å². The Bertz CT molecular complexity index is 414. The van der Waals surface area contributed by atoms with Crippen molar-refractivity contribution in [2.24, 2.45) is 0 Å². The third kappa shape index (κ3) is 6.10. The third-order valence-electron chi connectivity index (χ3n) is 3.03. The lowest BCUT2D eigenvalue weighted by molar-refractivity contribution is 0.0782. The van der Waals surface area contributed by atoms with Crippen LogP contribution in [0.2, 0.25) is 26.2 Å². The number of ether oxygens (including phenoxy) is 4. The Morgan fingerprint density at radius 1 is 0.870 bits per heavy atom. The van der Waals surface area contributed by atoms with Crippen LogP contribution in [0.3, 0.4) is 0 Å². The minimum Gasteiger partial charge on any atom is -0.430 e. The summed E-state index contributed by atoms with van der Waals surface area (Å²) < 4.78 is 36.9. The van der Waals surface area contributed by atoms with E-state index in [-0.39, 0.29) is 26.4 Å². The highest BCUT2D eigenvalue weighted by atomic mass is 28.5. The van der Waals surface area contributed by atoms with Crippen molar-refractivity contribution < 1.29 is 41.5 Å². The van der Waals surface area contributed by atoms with Crippen LogP contribution in [0.5, 0.6) is 0 Å². The van der Waals surface area contributed by atoms with Crippen molar-refractivity contribution in [1.29, 1.82) is 0 Å². The van der Waals surface area contributed by atoms with Gasteiger partial charge in [0.1, 0.15) is 13.2 Å². The van der Waals surface area contributed by atoms with E-state index < -0.39 is 41.6 Å². The highest BCUT2D eigenvalue weighted by molar-refractivity contribution is 6.78. The zero-order valence-corrected chi connectivity index (χ0v) is 15.7. The highest BCUT2D eigenvalue weighted by Gasteiger charge is 2.39. The van der Waals surface area contributed by atoms with Gasteiger partial charge in [0, 0.05) is 0 Å². The highest BCUT2D eigenvalue weighted by Crippen LogP contribution is 2.19. The molecule has 0 aromatic carbocycles. The molecule has 0 aliphatic carbocycles. The van der Waals surface area contributed by atoms with Crippen LogP contribution in [-0.2, 0) is 31.9 Å². The van der Waals surface area contributed by atoms with E-state index in [0.717, 1.165) is 0 Å². The maximum Gasteiger partial charge on any atom is 0.508 e. The molecule has 0 amide bonds. The standard InChI is InChI=1S/C12H22O9Si2/c1-22(2,17-7-9-5-15-11(13)19-9)21-23(3,4)18-8-10-6-16-12(14)20-10/h9-10H,5-8H2,1-4H3. The second-order valence-electron chi connectivity index (χ2n) is 6.13. The number of carbonyl (C=O) groups is 2. The molecule has 9 nitrogen and oxygen atoms in total. The summed E-state index contributed by atoms with van der Waals surface area (Å²) in [6.07, 6.45) is -2.16. The van der Waals surface area contributed by atoms with Gasteiger partial charge in [0.05, 0.1) is 13.2 Å². The first-order valence-corrected chi connectivity index (χ1v) is 12.9. The summed E-state index contributed by atoms with van der Waals surface area (Å²) in [5.74, 6) is 0. The Labute approximate surface area is 136 Å². The van der Waals surface area contributed by atoms with Crippen molar-refractivity contribution >= 4 is 29.4 Å². The number of carbonyl (C=O) groups excluding carboxylic acids is 2. The molecule has 2 saturated heterocycles. The van der Waals surface area contributed by atoms with Crippen LogP contribution in [0.25, 0.3) is 0 Å². The van der Waals surface area contributed by atoms with E-state index in [1.807, 2.05) is 26.2 Å². The molecule has 2 fully saturated rings. The molecule has 0 aromatic heterocycles. The molecule has 132 valence electrons. The lowest BCUT2D eigenvalue weighted by Crippen LogP contribution is -2.50. The number of hydrogen-bond donors (Lipinski definition) is 0. The summed E-state index contributed by atoms with van der Waals surface area (Å²) in [6, 6.07) is 0. The van der Waals surface area contributed by atoms with Crippen molar-refractivity contribution in [3.05, 3.63) is 0 Å². The van der Waals surface area contributed by atoms with Crippen LogP contribution in [0.15, 0.2) is 0 Å². The number of rotatable bonds is 8. The Kier molecular flexibility index (Phi) is 5.67. The van der Waals surface area contributed by atoms with Gasteiger partial charge in [-0.25, -0.2) is 9.59 Å². The van der Waals surface area contributed by atoms with Crippen LogP contribution < -0.4 is 0 Å². The summed E-state index contributed by atoms with van der Waals surface area (Å²) in [5.41, 5.74) is 0. The van der Waals surface area contributed by atoms with Crippen LogP contribution in [0.1, 0.15) is 0 Å². The Balaban J connectivity index is 1.73. The monoisotopic (exact) mass is 366 g/mol. The molecule has 0 aromatic rings. The Hall–Kier alpha value is -1.15. The van der Waals surface area contributed by atoms with E-state index in [0.29, 0.717) is 0 Å². The fraction of sp³-hybridized carbons (Fsp3) is 0.833. The molecule has 2 atom stereocenters. The second-order valence-corrected chi connectivity index (χ2v) is 13.1. The predicted octanol–water partition coefficient (Wildman–Crippen LogP) is 1.51. The minimum atomic E-state index is -2.47. The molecule has 2 aliphatic heterocycles. The van der Waals surface area contributed by atoms with Gasteiger partial charge >= 0.3 is 29.4 Å². The number of hydrogen-bond acceptors (Lipinski definition) is 9. The van der Waals surface area contributed by atoms with Gasteiger partial charge in [0.25, 0.3) is 0 Å². The minimum absolute atomic E-state index is 0.188. The molecule has 0 spiro atoms. The molecule has 0 saturated carbocycles. The van der Waals surface area contributed by atoms with Gasteiger partial charge in [-0.3, -0.25) is 0 Å². The van der Waals surface area contributed by atoms with Crippen molar-refractivity contribution in [2.75, 3.05) is 26.4 Å². The van der Waals surface area contributed by atoms with Crippen molar-refractivity contribution in [3.63, 3.8) is 0 Å². The van der Waals surface area contributed by atoms with Crippen LogP contribution >= 0.6 is 0 Å². The molecule has 11 heteroatoms. The predicted molar refractivity (Wildman–Crippen MR) is 80.4 cm³/mol. The molecule has 0 bridgehead atoms. The second kappa shape index (κ2) is 7.17. The summed E-state index contributed by atoms with van der Waals surface area (Å²) >= 11 is 0. The maximum absolute atomic E-state index is 10.9. The first-order chi connectivity index (χ1) is 10.7. The Morgan fingerprint density at radius 2 is 1.26 bits per heavy atom. The summed E-state index contributed by atoms with van der Waals surface area (Å²) in [6.45, 7) is 8.39. The number of cyclic esters (lactones) is 4. The SMILES string of the molecule is C[Si](C)(OCC1COC(=O)O1)O[Si](C)(C)OCC1COC(=O)O1. The van der Waals surface area contributed by atoms with Gasteiger partial charge in [-0.1, -0.05) is 0 Å². The first kappa shape index (κ1) is 18.2. The zero-order chi connectivity index (χ0) is 17.1.